The van der Waals surface area contributed by atoms with Gasteiger partial charge in [-0.1, -0.05) is 47.8 Å². The topological polar surface area (TPSA) is 20.2 Å². The fourth-order valence-electron chi connectivity index (χ4n) is 1.07. The Balaban J connectivity index is 4.23. The summed E-state index contributed by atoms with van der Waals surface area (Å²) in [7, 11) is 0. The number of alkyl halides is 4. The number of rotatable bonds is 7. The highest BCUT2D eigenvalue weighted by molar-refractivity contribution is 9.11. The Morgan fingerprint density at radius 3 is 2.44 bits per heavy atom. The van der Waals surface area contributed by atoms with Crippen LogP contribution in [0.2, 0.25) is 0 Å². The van der Waals surface area contributed by atoms with E-state index in [0.717, 1.165) is 12.0 Å². The normalized spacial score (nSPS) is 20.3. The summed E-state index contributed by atoms with van der Waals surface area (Å²) in [6.07, 6.45) is 0.760. The SMILES string of the molecule is C[C@@](Cl)(CBr)[C@H](O)CC/C(=C/Br)[C@H](Cl)CBr. The van der Waals surface area contributed by atoms with E-state index in [1.165, 1.54) is 0 Å². The molecular weight excluding hydrogens is 447 g/mol. The van der Waals surface area contributed by atoms with Crippen LogP contribution in [0.1, 0.15) is 19.8 Å². The molecule has 1 nitrogen and oxygen atoms in total. The van der Waals surface area contributed by atoms with Crippen LogP contribution < -0.4 is 0 Å². The van der Waals surface area contributed by atoms with Crippen molar-refractivity contribution in [1.82, 2.24) is 0 Å². The van der Waals surface area contributed by atoms with Crippen LogP contribution in [0, 0.1) is 0 Å². The van der Waals surface area contributed by atoms with Gasteiger partial charge in [0.15, 0.2) is 0 Å². The van der Waals surface area contributed by atoms with Crippen LogP contribution in [-0.4, -0.2) is 32.1 Å². The maximum atomic E-state index is 9.92. The Morgan fingerprint density at radius 2 is 2.06 bits per heavy atom. The van der Waals surface area contributed by atoms with E-state index < -0.39 is 11.0 Å². The molecule has 0 radical (unpaired) electrons. The molecule has 0 aromatic rings. The number of hydrogen-bond donors (Lipinski definition) is 1. The highest BCUT2D eigenvalue weighted by atomic mass is 79.9. The van der Waals surface area contributed by atoms with Gasteiger partial charge >= 0.3 is 0 Å². The minimum Gasteiger partial charge on any atom is -0.391 e. The van der Waals surface area contributed by atoms with Crippen molar-refractivity contribution in [2.24, 2.45) is 0 Å². The molecule has 3 atom stereocenters. The van der Waals surface area contributed by atoms with Crippen molar-refractivity contribution in [3.63, 3.8) is 0 Å². The smallest absolute Gasteiger partial charge is 0.0773 e. The van der Waals surface area contributed by atoms with Crippen LogP contribution >= 0.6 is 71.0 Å². The zero-order chi connectivity index (χ0) is 12.8. The second-order valence-electron chi connectivity index (χ2n) is 3.77. The lowest BCUT2D eigenvalue weighted by atomic mass is 9.98. The number of hydrogen-bond acceptors (Lipinski definition) is 1. The predicted octanol–water partition coefficient (Wildman–Crippen LogP) is 4.80. The molecule has 0 bridgehead atoms. The molecule has 0 saturated carbocycles. The van der Waals surface area contributed by atoms with E-state index in [9.17, 15) is 5.11 Å². The predicted molar refractivity (Wildman–Crippen MR) is 83.7 cm³/mol. The highest BCUT2D eigenvalue weighted by Crippen LogP contribution is 2.28. The van der Waals surface area contributed by atoms with E-state index in [2.05, 4.69) is 47.8 Å². The average Bonchev–Trinajstić information content (AvgIpc) is 2.28. The molecule has 0 fully saturated rings. The van der Waals surface area contributed by atoms with Gasteiger partial charge in [0, 0.05) is 10.7 Å². The van der Waals surface area contributed by atoms with Crippen LogP contribution in [0.3, 0.4) is 0 Å². The third kappa shape index (κ3) is 6.05. The molecule has 16 heavy (non-hydrogen) atoms. The molecule has 0 aliphatic rings. The molecule has 0 saturated heterocycles. The van der Waals surface area contributed by atoms with Crippen molar-refractivity contribution in [2.75, 3.05) is 10.7 Å². The third-order valence-corrected chi connectivity index (χ3v) is 6.26. The maximum Gasteiger partial charge on any atom is 0.0773 e. The Labute approximate surface area is 132 Å². The van der Waals surface area contributed by atoms with E-state index in [-0.39, 0.29) is 5.38 Å². The van der Waals surface area contributed by atoms with Gasteiger partial charge < -0.3 is 5.11 Å². The molecular formula is C10H15Br3Cl2O. The van der Waals surface area contributed by atoms with Gasteiger partial charge in [0.1, 0.15) is 0 Å². The summed E-state index contributed by atoms with van der Waals surface area (Å²) in [6.45, 7) is 1.81. The largest absolute Gasteiger partial charge is 0.391 e. The molecule has 0 aliphatic carbocycles. The van der Waals surface area contributed by atoms with Gasteiger partial charge in [0.25, 0.3) is 0 Å². The van der Waals surface area contributed by atoms with Crippen LogP contribution in [-0.2, 0) is 0 Å². The fraction of sp³-hybridized carbons (Fsp3) is 0.800. The summed E-state index contributed by atoms with van der Waals surface area (Å²) >= 11 is 22.1. The minimum absolute atomic E-state index is 0.0582. The van der Waals surface area contributed by atoms with Gasteiger partial charge in [-0.3, -0.25) is 0 Å². The van der Waals surface area contributed by atoms with E-state index in [4.69, 9.17) is 23.2 Å². The monoisotopic (exact) mass is 458 g/mol. The van der Waals surface area contributed by atoms with Crippen LogP contribution in [0.25, 0.3) is 0 Å². The maximum absolute atomic E-state index is 9.92. The molecule has 1 N–H and O–H groups in total. The molecule has 0 rings (SSSR count). The van der Waals surface area contributed by atoms with Crippen molar-refractivity contribution in [3.05, 3.63) is 10.6 Å². The minimum atomic E-state index is -0.631. The first-order valence-electron chi connectivity index (χ1n) is 4.81. The second-order valence-corrected chi connectivity index (χ2v) is 6.83. The first-order chi connectivity index (χ1) is 7.38. The summed E-state index contributed by atoms with van der Waals surface area (Å²) in [5.41, 5.74) is 1.06. The van der Waals surface area contributed by atoms with E-state index in [0.29, 0.717) is 17.1 Å². The fourth-order valence-corrected chi connectivity index (χ4v) is 2.84. The lowest BCUT2D eigenvalue weighted by Crippen LogP contribution is -2.35. The van der Waals surface area contributed by atoms with Crippen molar-refractivity contribution in [2.45, 2.75) is 36.1 Å². The van der Waals surface area contributed by atoms with Crippen molar-refractivity contribution in [1.29, 1.82) is 0 Å². The molecule has 0 amide bonds. The highest BCUT2D eigenvalue weighted by Gasteiger charge is 2.29. The van der Waals surface area contributed by atoms with Crippen molar-refractivity contribution >= 4 is 71.0 Å². The van der Waals surface area contributed by atoms with E-state index >= 15 is 0 Å². The number of aliphatic hydroxyl groups is 1. The van der Waals surface area contributed by atoms with Crippen LogP contribution in [0.5, 0.6) is 0 Å². The lowest BCUT2D eigenvalue weighted by molar-refractivity contribution is 0.132. The van der Waals surface area contributed by atoms with Gasteiger partial charge in [-0.05, 0) is 30.3 Å². The Morgan fingerprint density at radius 1 is 1.50 bits per heavy atom. The zero-order valence-corrected chi connectivity index (χ0v) is 15.2. The van der Waals surface area contributed by atoms with Crippen molar-refractivity contribution < 1.29 is 5.11 Å². The quantitative estimate of drug-likeness (QED) is 0.540. The van der Waals surface area contributed by atoms with Crippen molar-refractivity contribution in [3.8, 4) is 0 Å². The van der Waals surface area contributed by atoms with Crippen LogP contribution in [0.15, 0.2) is 10.6 Å². The Kier molecular flexibility index (Phi) is 9.70. The molecule has 6 heteroatoms. The first-order valence-corrected chi connectivity index (χ1v) is 8.78. The summed E-state index contributed by atoms with van der Waals surface area (Å²) in [6, 6.07) is 0. The van der Waals surface area contributed by atoms with Crippen LogP contribution in [0.4, 0.5) is 0 Å². The van der Waals surface area contributed by atoms with Gasteiger partial charge in [-0.2, -0.15) is 0 Å². The second kappa shape index (κ2) is 8.76. The van der Waals surface area contributed by atoms with Gasteiger partial charge in [-0.15, -0.1) is 23.2 Å². The van der Waals surface area contributed by atoms with Gasteiger partial charge in [-0.25, -0.2) is 0 Å². The summed E-state index contributed by atoms with van der Waals surface area (Å²) < 4.78 is 0. The van der Waals surface area contributed by atoms with Gasteiger partial charge in [0.2, 0.25) is 0 Å². The number of halogens is 5. The first kappa shape index (κ1) is 17.7. The molecule has 0 aromatic heterocycles. The summed E-state index contributed by atoms with van der Waals surface area (Å²) in [5, 5.41) is 11.1. The Hall–Kier alpha value is 1.72. The van der Waals surface area contributed by atoms with Gasteiger partial charge in [0.05, 0.1) is 16.4 Å². The lowest BCUT2D eigenvalue weighted by Gasteiger charge is -2.26. The molecule has 0 unspecified atom stereocenters. The zero-order valence-electron chi connectivity index (χ0n) is 8.90. The standard InChI is InChI=1S/C10H15Br3Cl2O/c1-10(15,6-13)9(16)3-2-7(4-11)8(14)5-12/h4,8-9,16H,2-3,5-6H2,1H3/b7-4-/t8-,9-,10-/m1/s1. The number of allylic oxidation sites excluding steroid dienone is 1. The van der Waals surface area contributed by atoms with E-state index in [1.807, 2.05) is 11.9 Å². The third-order valence-electron chi connectivity index (χ3n) is 2.34. The molecule has 96 valence electrons. The molecule has 0 spiro atoms. The summed E-state index contributed by atoms with van der Waals surface area (Å²) in [4.78, 5) is 1.19. The Bertz CT molecular complexity index is 234. The molecule has 0 aromatic carbocycles. The molecule has 0 aliphatic heterocycles. The molecule has 0 heterocycles. The number of aliphatic hydroxyl groups excluding tert-OH is 1. The van der Waals surface area contributed by atoms with E-state index in [1.54, 1.807) is 0 Å². The summed E-state index contributed by atoms with van der Waals surface area (Å²) in [5.74, 6) is 0. The average molecular weight is 462 g/mol.